The number of ether oxygens (including phenoxy) is 1. The maximum atomic E-state index is 13.8. The highest BCUT2D eigenvalue weighted by Crippen LogP contribution is 2.35. The molecule has 21 heavy (non-hydrogen) atoms. The summed E-state index contributed by atoms with van der Waals surface area (Å²) >= 11 is 0. The van der Waals surface area contributed by atoms with Crippen LogP contribution in [0.2, 0.25) is 0 Å². The number of hydrogen-bond donors (Lipinski definition) is 1. The van der Waals surface area contributed by atoms with Gasteiger partial charge in [-0.15, -0.1) is 10.2 Å². The molecule has 6 nitrogen and oxygen atoms in total. The number of carbonyl (C=O) groups excluding carboxylic acids is 1. The van der Waals surface area contributed by atoms with Crippen molar-refractivity contribution in [3.05, 3.63) is 41.7 Å². The molecule has 1 aliphatic rings. The first-order chi connectivity index (χ1) is 10.2. The summed E-state index contributed by atoms with van der Waals surface area (Å²) in [6, 6.07) is 4.56. The van der Waals surface area contributed by atoms with E-state index in [4.69, 9.17) is 4.74 Å². The quantitative estimate of drug-likeness (QED) is 0.910. The van der Waals surface area contributed by atoms with Crippen LogP contribution in [0, 0.1) is 5.82 Å². The second-order valence-corrected chi connectivity index (χ2v) is 4.91. The van der Waals surface area contributed by atoms with Crippen molar-refractivity contribution in [2.24, 2.45) is 0 Å². The zero-order valence-electron chi connectivity index (χ0n) is 11.5. The third-order valence-corrected chi connectivity index (χ3v) is 3.42. The Kier molecular flexibility index (Phi) is 3.55. The van der Waals surface area contributed by atoms with Gasteiger partial charge in [-0.2, -0.15) is 0 Å². The molecule has 1 amide bonds. The van der Waals surface area contributed by atoms with Crippen LogP contribution in [0.3, 0.4) is 0 Å². The Morgan fingerprint density at radius 1 is 1.52 bits per heavy atom. The monoisotopic (exact) mass is 290 g/mol. The van der Waals surface area contributed by atoms with Gasteiger partial charge >= 0.3 is 0 Å². The van der Waals surface area contributed by atoms with Crippen LogP contribution in [-0.2, 0) is 6.54 Å². The first-order valence-corrected chi connectivity index (χ1v) is 6.69. The van der Waals surface area contributed by atoms with E-state index in [1.54, 1.807) is 12.4 Å². The standard InChI is InChI=1S/C14H15FN4O2/c1-21-10-4-5-11(12(15)6-10)14(20)16-7-13-18-17-8-19(13)9-2-3-9/h4-6,8-9H,2-3,7H2,1H3,(H,16,20). The molecule has 1 heterocycles. The molecule has 7 heteroatoms. The van der Waals surface area contributed by atoms with Gasteiger partial charge in [-0.1, -0.05) is 0 Å². The Labute approximate surface area is 120 Å². The molecule has 0 aliphatic heterocycles. The summed E-state index contributed by atoms with van der Waals surface area (Å²) in [6.45, 7) is 0.223. The van der Waals surface area contributed by atoms with Crippen LogP contribution < -0.4 is 10.1 Å². The van der Waals surface area contributed by atoms with E-state index in [1.165, 1.54) is 19.2 Å². The summed E-state index contributed by atoms with van der Waals surface area (Å²) in [6.07, 6.45) is 3.87. The van der Waals surface area contributed by atoms with Gasteiger partial charge in [0.25, 0.3) is 5.91 Å². The Balaban J connectivity index is 1.67. The van der Waals surface area contributed by atoms with Crippen molar-refractivity contribution in [2.45, 2.75) is 25.4 Å². The normalized spacial score (nSPS) is 14.0. The highest BCUT2D eigenvalue weighted by molar-refractivity contribution is 5.94. The number of carbonyl (C=O) groups is 1. The van der Waals surface area contributed by atoms with Gasteiger partial charge in [-0.05, 0) is 25.0 Å². The number of halogens is 1. The molecule has 2 aromatic rings. The summed E-state index contributed by atoms with van der Waals surface area (Å²) in [7, 11) is 1.44. The fourth-order valence-corrected chi connectivity index (χ4v) is 2.11. The van der Waals surface area contributed by atoms with Crippen LogP contribution in [-0.4, -0.2) is 27.8 Å². The smallest absolute Gasteiger partial charge is 0.254 e. The van der Waals surface area contributed by atoms with Crippen molar-refractivity contribution >= 4 is 5.91 Å². The number of rotatable bonds is 5. The average Bonchev–Trinajstić information content (AvgIpc) is 3.23. The molecule has 3 rings (SSSR count). The van der Waals surface area contributed by atoms with Gasteiger partial charge in [0.05, 0.1) is 19.2 Å². The van der Waals surface area contributed by atoms with Gasteiger partial charge in [0.1, 0.15) is 17.9 Å². The minimum absolute atomic E-state index is 0.0201. The molecule has 1 aromatic heterocycles. The maximum Gasteiger partial charge on any atom is 0.254 e. The van der Waals surface area contributed by atoms with Crippen molar-refractivity contribution in [3.63, 3.8) is 0 Å². The number of nitrogens with zero attached hydrogens (tertiary/aromatic N) is 3. The number of hydrogen-bond acceptors (Lipinski definition) is 4. The number of methoxy groups -OCH3 is 1. The third-order valence-electron chi connectivity index (χ3n) is 3.42. The van der Waals surface area contributed by atoms with Crippen molar-refractivity contribution in [3.8, 4) is 5.75 Å². The molecule has 0 spiro atoms. The van der Waals surface area contributed by atoms with Crippen molar-refractivity contribution < 1.29 is 13.9 Å². The van der Waals surface area contributed by atoms with Gasteiger partial charge < -0.3 is 14.6 Å². The maximum absolute atomic E-state index is 13.8. The van der Waals surface area contributed by atoms with Crippen molar-refractivity contribution in [1.29, 1.82) is 0 Å². The molecule has 0 bridgehead atoms. The van der Waals surface area contributed by atoms with Crippen molar-refractivity contribution in [2.75, 3.05) is 7.11 Å². The molecule has 0 saturated heterocycles. The second-order valence-electron chi connectivity index (χ2n) is 4.91. The molecule has 1 aromatic carbocycles. The summed E-state index contributed by atoms with van der Waals surface area (Å²) in [4.78, 5) is 12.0. The average molecular weight is 290 g/mol. The molecule has 1 fully saturated rings. The molecular formula is C14H15FN4O2. The van der Waals surface area contributed by atoms with Gasteiger partial charge in [-0.3, -0.25) is 4.79 Å². The first-order valence-electron chi connectivity index (χ1n) is 6.69. The van der Waals surface area contributed by atoms with E-state index in [0.717, 1.165) is 12.8 Å². The lowest BCUT2D eigenvalue weighted by Gasteiger charge is -2.08. The van der Waals surface area contributed by atoms with Gasteiger partial charge in [-0.25, -0.2) is 4.39 Å². The van der Waals surface area contributed by atoms with Crippen LogP contribution in [0.15, 0.2) is 24.5 Å². The molecule has 1 saturated carbocycles. The van der Waals surface area contributed by atoms with E-state index >= 15 is 0 Å². The van der Waals surface area contributed by atoms with Crippen LogP contribution in [0.4, 0.5) is 4.39 Å². The van der Waals surface area contributed by atoms with E-state index in [2.05, 4.69) is 15.5 Å². The lowest BCUT2D eigenvalue weighted by molar-refractivity contribution is 0.0945. The van der Waals surface area contributed by atoms with Gasteiger partial charge in [0.2, 0.25) is 0 Å². The van der Waals surface area contributed by atoms with E-state index in [0.29, 0.717) is 17.6 Å². The molecule has 1 N–H and O–H groups in total. The van der Waals surface area contributed by atoms with Crippen LogP contribution in [0.1, 0.15) is 35.1 Å². The van der Waals surface area contributed by atoms with E-state index in [-0.39, 0.29) is 12.1 Å². The predicted molar refractivity (Wildman–Crippen MR) is 72.4 cm³/mol. The Hall–Kier alpha value is -2.44. The molecule has 0 unspecified atom stereocenters. The largest absolute Gasteiger partial charge is 0.497 e. The Morgan fingerprint density at radius 3 is 3.00 bits per heavy atom. The summed E-state index contributed by atoms with van der Waals surface area (Å²) < 4.78 is 20.7. The lowest BCUT2D eigenvalue weighted by atomic mass is 10.2. The van der Waals surface area contributed by atoms with Crippen LogP contribution in [0.5, 0.6) is 5.75 Å². The zero-order valence-corrected chi connectivity index (χ0v) is 11.5. The van der Waals surface area contributed by atoms with E-state index in [9.17, 15) is 9.18 Å². The molecule has 0 radical (unpaired) electrons. The van der Waals surface area contributed by atoms with Crippen LogP contribution >= 0.6 is 0 Å². The second kappa shape index (κ2) is 5.51. The number of aromatic nitrogens is 3. The first kappa shape index (κ1) is 13.5. The zero-order chi connectivity index (χ0) is 14.8. The number of amides is 1. The molecule has 1 aliphatic carbocycles. The Morgan fingerprint density at radius 2 is 2.33 bits per heavy atom. The summed E-state index contributed by atoms with van der Waals surface area (Å²) in [5.41, 5.74) is -0.0201. The Bertz CT molecular complexity index is 667. The minimum atomic E-state index is -0.615. The summed E-state index contributed by atoms with van der Waals surface area (Å²) in [5, 5.41) is 10.5. The highest BCUT2D eigenvalue weighted by Gasteiger charge is 2.26. The van der Waals surface area contributed by atoms with Gasteiger partial charge in [0.15, 0.2) is 5.82 Å². The van der Waals surface area contributed by atoms with E-state index < -0.39 is 11.7 Å². The topological polar surface area (TPSA) is 69.0 Å². The predicted octanol–water partition coefficient (Wildman–Crippen LogP) is 1.69. The molecule has 110 valence electrons. The fraction of sp³-hybridized carbons (Fsp3) is 0.357. The molecule has 0 atom stereocenters. The van der Waals surface area contributed by atoms with Crippen molar-refractivity contribution in [1.82, 2.24) is 20.1 Å². The molecular weight excluding hydrogens is 275 g/mol. The third kappa shape index (κ3) is 2.86. The van der Waals surface area contributed by atoms with E-state index in [1.807, 2.05) is 4.57 Å². The SMILES string of the molecule is COc1ccc(C(=O)NCc2nncn2C2CC2)c(F)c1. The fourth-order valence-electron chi connectivity index (χ4n) is 2.11. The number of benzene rings is 1. The number of nitrogens with one attached hydrogen (secondary N) is 1. The minimum Gasteiger partial charge on any atom is -0.497 e. The summed E-state index contributed by atoms with van der Waals surface area (Å²) in [5.74, 6) is -0.0479. The van der Waals surface area contributed by atoms with Crippen LogP contribution in [0.25, 0.3) is 0 Å². The van der Waals surface area contributed by atoms with Gasteiger partial charge in [0, 0.05) is 12.1 Å². The highest BCUT2D eigenvalue weighted by atomic mass is 19.1. The lowest BCUT2D eigenvalue weighted by Crippen LogP contribution is -2.25.